The molecule has 0 saturated heterocycles. The fraction of sp³-hybridized carbons (Fsp3) is 0.182. The summed E-state index contributed by atoms with van der Waals surface area (Å²) in [5.74, 6) is 0. The molecule has 0 aliphatic carbocycles. The fourth-order valence-electron chi connectivity index (χ4n) is 1.84. The lowest BCUT2D eigenvalue weighted by molar-refractivity contribution is -0.386. The van der Waals surface area contributed by atoms with Crippen LogP contribution in [0.3, 0.4) is 0 Å². The summed E-state index contributed by atoms with van der Waals surface area (Å²) in [6.07, 6.45) is 3.34. The number of primary sulfonamides is 1. The Bertz CT molecular complexity index is 784. The second kappa shape index (κ2) is 5.50. The number of nitrogens with two attached hydrogens (primary N) is 1. The number of nitro groups is 1. The van der Waals surface area contributed by atoms with Crippen LogP contribution in [0.25, 0.3) is 0 Å². The lowest BCUT2D eigenvalue weighted by Gasteiger charge is -2.08. The van der Waals surface area contributed by atoms with Gasteiger partial charge in [0.15, 0.2) is 4.90 Å². The minimum Gasteiger partial charge on any atom is -0.375 e. The first kappa shape index (κ1) is 14.9. The lowest BCUT2D eigenvalue weighted by Crippen LogP contribution is -2.15. The number of hydrogen-bond donors (Lipinski definition) is 2. The average Bonchev–Trinajstić information content (AvgIpc) is 2.80. The summed E-state index contributed by atoms with van der Waals surface area (Å²) >= 11 is 0. The van der Waals surface area contributed by atoms with Gasteiger partial charge in [0.05, 0.1) is 11.1 Å². The number of benzene rings is 1. The standard InChI is InChI=1S/C11H13N5O4S/c1-15-7-8(6-14-15)5-13-9-3-2-4-10(21(12,19)20)11(9)16(17)18/h2-4,6-7,13H,5H2,1H3,(H2,12,19,20). The second-order valence-corrected chi connectivity index (χ2v) is 5.86. The molecule has 0 aliphatic rings. The van der Waals surface area contributed by atoms with Crippen molar-refractivity contribution >= 4 is 21.4 Å². The average molecular weight is 311 g/mol. The van der Waals surface area contributed by atoms with Crippen molar-refractivity contribution in [1.82, 2.24) is 9.78 Å². The Kier molecular flexibility index (Phi) is 3.91. The van der Waals surface area contributed by atoms with E-state index in [0.717, 1.165) is 11.6 Å². The number of para-hydroxylation sites is 1. The van der Waals surface area contributed by atoms with Crippen molar-refractivity contribution in [3.63, 3.8) is 0 Å². The summed E-state index contributed by atoms with van der Waals surface area (Å²) in [4.78, 5) is 9.84. The van der Waals surface area contributed by atoms with E-state index in [1.165, 1.54) is 12.1 Å². The van der Waals surface area contributed by atoms with Crippen molar-refractivity contribution in [1.29, 1.82) is 0 Å². The molecule has 10 heteroatoms. The van der Waals surface area contributed by atoms with E-state index >= 15 is 0 Å². The zero-order valence-electron chi connectivity index (χ0n) is 11.1. The monoisotopic (exact) mass is 311 g/mol. The molecule has 0 spiro atoms. The summed E-state index contributed by atoms with van der Waals surface area (Å²) in [5.41, 5.74) is 0.312. The van der Waals surface area contributed by atoms with Crippen LogP contribution in [0.2, 0.25) is 0 Å². The van der Waals surface area contributed by atoms with Crippen LogP contribution in [0, 0.1) is 10.1 Å². The third kappa shape index (κ3) is 3.35. The Morgan fingerprint density at radius 1 is 1.48 bits per heavy atom. The summed E-state index contributed by atoms with van der Waals surface area (Å²) < 4.78 is 24.4. The maximum absolute atomic E-state index is 11.4. The summed E-state index contributed by atoms with van der Waals surface area (Å²) in [5, 5.41) is 22.9. The quantitative estimate of drug-likeness (QED) is 0.613. The molecule has 1 heterocycles. The van der Waals surface area contributed by atoms with Crippen molar-refractivity contribution in [2.45, 2.75) is 11.4 Å². The number of rotatable bonds is 5. The molecule has 0 radical (unpaired) electrons. The van der Waals surface area contributed by atoms with E-state index in [-0.39, 0.29) is 12.2 Å². The summed E-state index contributed by atoms with van der Waals surface area (Å²) in [7, 11) is -2.43. The first-order valence-electron chi connectivity index (χ1n) is 5.80. The number of sulfonamides is 1. The van der Waals surface area contributed by atoms with Gasteiger partial charge < -0.3 is 5.32 Å². The van der Waals surface area contributed by atoms with Gasteiger partial charge in [-0.25, -0.2) is 13.6 Å². The molecular weight excluding hydrogens is 298 g/mol. The Labute approximate surface area is 120 Å². The van der Waals surface area contributed by atoms with Gasteiger partial charge in [0, 0.05) is 25.4 Å². The molecule has 0 aliphatic heterocycles. The smallest absolute Gasteiger partial charge is 0.312 e. The molecule has 1 aromatic carbocycles. The number of nitrogens with zero attached hydrogens (tertiary/aromatic N) is 3. The number of aromatic nitrogens is 2. The summed E-state index contributed by atoms with van der Waals surface area (Å²) in [6.45, 7) is 0.267. The molecule has 1 aromatic heterocycles. The molecule has 3 N–H and O–H groups in total. The largest absolute Gasteiger partial charge is 0.375 e. The molecule has 0 atom stereocenters. The van der Waals surface area contributed by atoms with Crippen molar-refractivity contribution < 1.29 is 13.3 Å². The van der Waals surface area contributed by atoms with Crippen LogP contribution in [0.15, 0.2) is 35.5 Å². The van der Waals surface area contributed by atoms with Crippen LogP contribution >= 0.6 is 0 Å². The number of anilines is 1. The topological polar surface area (TPSA) is 133 Å². The van der Waals surface area contributed by atoms with Gasteiger partial charge >= 0.3 is 5.69 Å². The zero-order chi connectivity index (χ0) is 15.6. The fourth-order valence-corrected chi connectivity index (χ4v) is 2.57. The highest BCUT2D eigenvalue weighted by Crippen LogP contribution is 2.31. The van der Waals surface area contributed by atoms with Crippen LogP contribution in [-0.4, -0.2) is 23.1 Å². The molecule has 0 amide bonds. The molecule has 21 heavy (non-hydrogen) atoms. The van der Waals surface area contributed by atoms with Crippen LogP contribution in [0.5, 0.6) is 0 Å². The van der Waals surface area contributed by atoms with Crippen molar-refractivity contribution in [2.24, 2.45) is 12.2 Å². The minimum atomic E-state index is -4.18. The molecule has 9 nitrogen and oxygen atoms in total. The minimum absolute atomic E-state index is 0.0791. The Morgan fingerprint density at radius 3 is 2.71 bits per heavy atom. The van der Waals surface area contributed by atoms with Gasteiger partial charge in [-0.05, 0) is 12.1 Å². The van der Waals surface area contributed by atoms with Crippen molar-refractivity contribution in [2.75, 3.05) is 5.32 Å². The van der Waals surface area contributed by atoms with Crippen LogP contribution in [-0.2, 0) is 23.6 Å². The van der Waals surface area contributed by atoms with Gasteiger partial charge in [-0.1, -0.05) is 6.07 Å². The maximum atomic E-state index is 11.4. The molecular formula is C11H13N5O4S. The molecule has 0 saturated carbocycles. The third-order valence-electron chi connectivity index (χ3n) is 2.73. The van der Waals surface area contributed by atoms with Gasteiger partial charge in [-0.2, -0.15) is 5.10 Å². The Hall–Kier alpha value is -2.46. The third-order valence-corrected chi connectivity index (χ3v) is 3.67. The Balaban J connectivity index is 2.37. The van der Waals surface area contributed by atoms with E-state index in [9.17, 15) is 18.5 Å². The summed E-state index contributed by atoms with van der Waals surface area (Å²) in [6, 6.07) is 3.91. The highest BCUT2D eigenvalue weighted by Gasteiger charge is 2.26. The molecule has 2 rings (SSSR count). The number of aryl methyl sites for hydroxylation is 1. The number of hydrogen-bond acceptors (Lipinski definition) is 6. The van der Waals surface area contributed by atoms with E-state index in [2.05, 4.69) is 10.4 Å². The maximum Gasteiger partial charge on any atom is 0.312 e. The van der Waals surface area contributed by atoms with Gasteiger partial charge in [0.25, 0.3) is 0 Å². The number of nitro benzene ring substituents is 1. The SMILES string of the molecule is Cn1cc(CNc2cccc(S(N)(=O)=O)c2[N+](=O)[O-])cn1. The predicted octanol–water partition coefficient (Wildman–Crippen LogP) is 0.588. The first-order valence-corrected chi connectivity index (χ1v) is 7.35. The van der Waals surface area contributed by atoms with E-state index in [1.54, 1.807) is 24.1 Å². The molecule has 0 unspecified atom stereocenters. The molecule has 0 bridgehead atoms. The van der Waals surface area contributed by atoms with Gasteiger partial charge in [0.1, 0.15) is 5.69 Å². The van der Waals surface area contributed by atoms with Gasteiger partial charge in [0.2, 0.25) is 10.0 Å². The van der Waals surface area contributed by atoms with Crippen molar-refractivity contribution in [3.05, 3.63) is 46.3 Å². The van der Waals surface area contributed by atoms with Gasteiger partial charge in [-0.15, -0.1) is 0 Å². The molecule has 0 fully saturated rings. The molecule has 112 valence electrons. The highest BCUT2D eigenvalue weighted by molar-refractivity contribution is 7.89. The van der Waals surface area contributed by atoms with E-state index in [4.69, 9.17) is 5.14 Å². The van der Waals surface area contributed by atoms with Crippen LogP contribution < -0.4 is 10.5 Å². The predicted molar refractivity (Wildman–Crippen MR) is 75.0 cm³/mol. The van der Waals surface area contributed by atoms with Crippen molar-refractivity contribution in [3.8, 4) is 0 Å². The highest BCUT2D eigenvalue weighted by atomic mass is 32.2. The zero-order valence-corrected chi connectivity index (χ0v) is 11.9. The second-order valence-electron chi connectivity index (χ2n) is 4.33. The van der Waals surface area contributed by atoms with E-state index in [1.807, 2.05) is 0 Å². The number of nitrogens with one attached hydrogen (secondary N) is 1. The van der Waals surface area contributed by atoms with Crippen LogP contribution in [0.1, 0.15) is 5.56 Å². The van der Waals surface area contributed by atoms with E-state index < -0.39 is 25.5 Å². The molecule has 2 aromatic rings. The van der Waals surface area contributed by atoms with Crippen LogP contribution in [0.4, 0.5) is 11.4 Å². The normalized spacial score (nSPS) is 11.3. The first-order chi connectivity index (χ1) is 9.79. The Morgan fingerprint density at radius 2 is 2.19 bits per heavy atom. The van der Waals surface area contributed by atoms with E-state index in [0.29, 0.717) is 0 Å². The van der Waals surface area contributed by atoms with Gasteiger partial charge in [-0.3, -0.25) is 14.8 Å². The lowest BCUT2D eigenvalue weighted by atomic mass is 10.2.